The van der Waals surface area contributed by atoms with E-state index in [1.165, 1.54) is 43.2 Å². The number of fused-ring (bicyclic) bond motifs is 9. The second-order valence-corrected chi connectivity index (χ2v) is 15.6. The predicted molar refractivity (Wildman–Crippen MR) is 233 cm³/mol. The second-order valence-electron chi connectivity index (χ2n) is 14.6. The van der Waals surface area contributed by atoms with Crippen molar-refractivity contribution in [2.75, 3.05) is 0 Å². The van der Waals surface area contributed by atoms with Gasteiger partial charge in [0.25, 0.3) is 0 Å². The largest absolute Gasteiger partial charge is 0.208 e. The van der Waals surface area contributed by atoms with Gasteiger partial charge in [0.05, 0.1) is 17.0 Å². The fraction of sp³-hybridized carbons (Fsp3) is 0.0189. The van der Waals surface area contributed by atoms with Crippen LogP contribution in [0.4, 0.5) is 0 Å². The van der Waals surface area contributed by atoms with Gasteiger partial charge in [0.15, 0.2) is 17.5 Å². The van der Waals surface area contributed by atoms with E-state index in [0.29, 0.717) is 23.0 Å². The summed E-state index contributed by atoms with van der Waals surface area (Å²) < 4.78 is 0. The van der Waals surface area contributed by atoms with Gasteiger partial charge in [0.2, 0.25) is 0 Å². The zero-order valence-corrected chi connectivity index (χ0v) is 32.0. The van der Waals surface area contributed by atoms with Crippen LogP contribution in [-0.2, 0) is 5.41 Å². The third-order valence-electron chi connectivity index (χ3n) is 11.5. The summed E-state index contributed by atoms with van der Waals surface area (Å²) in [5.41, 5.74) is 14.7. The quantitative estimate of drug-likeness (QED) is 0.175. The van der Waals surface area contributed by atoms with Gasteiger partial charge in [0.1, 0.15) is 0 Å². The van der Waals surface area contributed by atoms with Crippen molar-refractivity contribution in [3.8, 4) is 73.6 Å². The Morgan fingerprint density at radius 1 is 0.345 bits per heavy atom. The molecule has 1 spiro atoms. The maximum atomic E-state index is 10.3. The van der Waals surface area contributed by atoms with Gasteiger partial charge in [-0.1, -0.05) is 200 Å². The average molecular weight is 757 g/mol. The Kier molecular flexibility index (Phi) is 7.99. The normalized spacial score (nSPS) is 12.9. The molecule has 0 bridgehead atoms. The summed E-state index contributed by atoms with van der Waals surface area (Å²) in [5, 5.41) is 10.3. The lowest BCUT2D eigenvalue weighted by Gasteiger charge is -2.41. The lowest BCUT2D eigenvalue weighted by Crippen LogP contribution is -2.32. The van der Waals surface area contributed by atoms with Crippen LogP contribution in [0.1, 0.15) is 27.8 Å². The summed E-state index contributed by atoms with van der Waals surface area (Å²) >= 11 is 1.81. The van der Waals surface area contributed by atoms with Crippen LogP contribution >= 0.6 is 11.8 Å². The average Bonchev–Trinajstić information content (AvgIpc) is 3.60. The molecule has 1 aliphatic carbocycles. The van der Waals surface area contributed by atoms with E-state index in [4.69, 9.17) is 15.0 Å². The highest BCUT2D eigenvalue weighted by atomic mass is 32.2. The number of nitriles is 1. The van der Waals surface area contributed by atoms with Crippen molar-refractivity contribution in [1.29, 1.82) is 5.26 Å². The molecule has 11 rings (SSSR count). The van der Waals surface area contributed by atoms with Crippen LogP contribution in [0.3, 0.4) is 0 Å². The molecular weight excluding hydrogens is 725 g/mol. The molecular formula is C53H32N4S. The Labute approximate surface area is 341 Å². The van der Waals surface area contributed by atoms with Gasteiger partial charge in [-0.3, -0.25) is 0 Å². The molecule has 58 heavy (non-hydrogen) atoms. The highest BCUT2D eigenvalue weighted by Crippen LogP contribution is 2.64. The molecule has 8 aromatic carbocycles. The minimum Gasteiger partial charge on any atom is -0.208 e. The Bertz CT molecular complexity index is 2990. The Balaban J connectivity index is 1.11. The van der Waals surface area contributed by atoms with Gasteiger partial charge in [-0.15, -0.1) is 0 Å². The van der Waals surface area contributed by atoms with Crippen LogP contribution in [0.15, 0.2) is 204 Å². The molecule has 0 amide bonds. The summed E-state index contributed by atoms with van der Waals surface area (Å²) in [6.07, 6.45) is 0. The first-order chi connectivity index (χ1) is 28.7. The topological polar surface area (TPSA) is 62.5 Å². The molecule has 270 valence electrons. The monoisotopic (exact) mass is 756 g/mol. The molecule has 0 radical (unpaired) electrons. The van der Waals surface area contributed by atoms with Crippen LogP contribution in [0.2, 0.25) is 0 Å². The summed E-state index contributed by atoms with van der Waals surface area (Å²) in [6.45, 7) is 0. The fourth-order valence-corrected chi connectivity index (χ4v) is 10.4. The Morgan fingerprint density at radius 2 is 0.741 bits per heavy atom. The number of rotatable bonds is 5. The van der Waals surface area contributed by atoms with E-state index < -0.39 is 5.41 Å². The van der Waals surface area contributed by atoms with Crippen molar-refractivity contribution in [3.05, 3.63) is 222 Å². The van der Waals surface area contributed by atoms with Crippen molar-refractivity contribution >= 4 is 11.8 Å². The minimum absolute atomic E-state index is 0.566. The summed E-state index contributed by atoms with van der Waals surface area (Å²) in [6, 6.07) is 70.3. The fourth-order valence-electron chi connectivity index (χ4n) is 8.94. The standard InChI is InChI=1S/C53H32N4S/c54-33-38-19-7-8-20-39(38)43-24-14-28-47-49(43)58-48-40(23-13-27-46(48)53(47)44-25-11-9-21-41(44)42-22-10-12-26-45(42)53)34-29-31-37(32-30-34)52-56-50(35-15-3-1-4-16-35)55-51(57-52)36-17-5-2-6-18-36/h1-32H. The van der Waals surface area contributed by atoms with E-state index in [1.54, 1.807) is 0 Å². The van der Waals surface area contributed by atoms with Gasteiger partial charge in [0, 0.05) is 32.0 Å². The lowest BCUT2D eigenvalue weighted by atomic mass is 9.66. The summed E-state index contributed by atoms with van der Waals surface area (Å²) in [7, 11) is 0. The van der Waals surface area contributed by atoms with Gasteiger partial charge in [-0.05, 0) is 56.1 Å². The number of aromatic nitrogens is 3. The van der Waals surface area contributed by atoms with E-state index in [1.807, 2.05) is 90.6 Å². The van der Waals surface area contributed by atoms with E-state index in [0.717, 1.165) is 38.9 Å². The molecule has 1 aromatic heterocycles. The zero-order chi connectivity index (χ0) is 38.6. The number of hydrogen-bond donors (Lipinski definition) is 0. The SMILES string of the molecule is N#Cc1ccccc1-c1cccc2c1Sc1c(-c3ccc(-c4nc(-c5ccccc5)nc(-c5ccccc5)n4)cc3)cccc1C21c2ccccc2-c2ccccc21. The highest BCUT2D eigenvalue weighted by molar-refractivity contribution is 7.99. The van der Waals surface area contributed by atoms with Gasteiger partial charge in [-0.2, -0.15) is 5.26 Å². The molecule has 4 nitrogen and oxygen atoms in total. The van der Waals surface area contributed by atoms with Crippen LogP contribution in [0.25, 0.3) is 67.5 Å². The molecule has 2 aliphatic rings. The van der Waals surface area contributed by atoms with Crippen LogP contribution in [0.5, 0.6) is 0 Å². The van der Waals surface area contributed by atoms with Gasteiger partial charge in [-0.25, -0.2) is 15.0 Å². The second kappa shape index (κ2) is 13.7. The number of nitrogens with zero attached hydrogens (tertiary/aromatic N) is 4. The van der Waals surface area contributed by atoms with Crippen LogP contribution < -0.4 is 0 Å². The molecule has 0 saturated heterocycles. The Hall–Kier alpha value is -7.39. The van der Waals surface area contributed by atoms with E-state index in [-0.39, 0.29) is 0 Å². The minimum atomic E-state index is -0.566. The lowest BCUT2D eigenvalue weighted by molar-refractivity contribution is 0.724. The highest BCUT2D eigenvalue weighted by Gasteiger charge is 2.51. The maximum absolute atomic E-state index is 10.3. The van der Waals surface area contributed by atoms with Crippen LogP contribution in [0, 0.1) is 11.3 Å². The first kappa shape index (κ1) is 33.9. The molecule has 0 fully saturated rings. The molecule has 0 atom stereocenters. The van der Waals surface area contributed by atoms with E-state index >= 15 is 0 Å². The molecule has 5 heteroatoms. The van der Waals surface area contributed by atoms with Gasteiger partial charge >= 0.3 is 0 Å². The van der Waals surface area contributed by atoms with Crippen molar-refractivity contribution in [2.45, 2.75) is 15.2 Å². The van der Waals surface area contributed by atoms with Gasteiger partial charge < -0.3 is 0 Å². The van der Waals surface area contributed by atoms with Crippen molar-refractivity contribution in [3.63, 3.8) is 0 Å². The predicted octanol–water partition coefficient (Wildman–Crippen LogP) is 12.9. The zero-order valence-electron chi connectivity index (χ0n) is 31.2. The van der Waals surface area contributed by atoms with Crippen LogP contribution in [-0.4, -0.2) is 15.0 Å². The third kappa shape index (κ3) is 5.20. The molecule has 0 saturated carbocycles. The molecule has 0 unspecified atom stereocenters. The summed E-state index contributed by atoms with van der Waals surface area (Å²) in [5.74, 6) is 1.89. The van der Waals surface area contributed by atoms with E-state index in [2.05, 4.69) is 121 Å². The summed E-state index contributed by atoms with van der Waals surface area (Å²) in [4.78, 5) is 17.2. The smallest absolute Gasteiger partial charge is 0.164 e. The Morgan fingerprint density at radius 3 is 1.29 bits per heavy atom. The first-order valence-corrected chi connectivity index (χ1v) is 20.2. The molecule has 2 heterocycles. The van der Waals surface area contributed by atoms with Crippen molar-refractivity contribution in [1.82, 2.24) is 15.0 Å². The number of hydrogen-bond acceptors (Lipinski definition) is 5. The third-order valence-corrected chi connectivity index (χ3v) is 12.8. The van der Waals surface area contributed by atoms with E-state index in [9.17, 15) is 5.26 Å². The number of benzene rings is 8. The molecule has 1 aliphatic heterocycles. The van der Waals surface area contributed by atoms with Crippen molar-refractivity contribution in [2.24, 2.45) is 0 Å². The first-order valence-electron chi connectivity index (χ1n) is 19.3. The maximum Gasteiger partial charge on any atom is 0.164 e. The molecule has 9 aromatic rings. The molecule has 0 N–H and O–H groups in total. The van der Waals surface area contributed by atoms with Crippen molar-refractivity contribution < 1.29 is 0 Å².